The van der Waals surface area contributed by atoms with Gasteiger partial charge in [-0.05, 0) is 37.8 Å². The van der Waals surface area contributed by atoms with Gasteiger partial charge in [-0.2, -0.15) is 17.7 Å². The maximum absolute atomic E-state index is 12.9. The van der Waals surface area contributed by atoms with Crippen LogP contribution in [0.1, 0.15) is 32.5 Å². The summed E-state index contributed by atoms with van der Waals surface area (Å²) in [5, 5.41) is 10.8. The average Bonchev–Trinajstić information content (AvgIpc) is 2.84. The second-order valence-corrected chi connectivity index (χ2v) is 5.67. The van der Waals surface area contributed by atoms with Crippen molar-refractivity contribution >= 4 is 11.5 Å². The first-order valence-electron chi connectivity index (χ1n) is 6.92. The van der Waals surface area contributed by atoms with Gasteiger partial charge in [0.25, 0.3) is 5.82 Å². The third kappa shape index (κ3) is 2.54. The van der Waals surface area contributed by atoms with Crippen molar-refractivity contribution in [3.05, 3.63) is 18.0 Å². The lowest BCUT2D eigenvalue weighted by Gasteiger charge is -2.37. The van der Waals surface area contributed by atoms with E-state index < -0.39 is 12.0 Å². The second kappa shape index (κ2) is 4.85. The highest BCUT2D eigenvalue weighted by atomic mass is 19.4. The average molecular weight is 299 g/mol. The molecule has 0 saturated carbocycles. The van der Waals surface area contributed by atoms with Gasteiger partial charge in [0.15, 0.2) is 5.65 Å². The first-order valence-corrected chi connectivity index (χ1v) is 6.92. The van der Waals surface area contributed by atoms with Crippen molar-refractivity contribution in [2.24, 2.45) is 5.92 Å². The lowest BCUT2D eigenvalue weighted by Crippen LogP contribution is -2.41. The van der Waals surface area contributed by atoms with E-state index in [1.807, 2.05) is 4.90 Å². The van der Waals surface area contributed by atoms with Crippen molar-refractivity contribution in [2.45, 2.75) is 38.9 Å². The number of piperidine rings is 1. The van der Waals surface area contributed by atoms with Gasteiger partial charge >= 0.3 is 6.18 Å². The highest BCUT2D eigenvalue weighted by Crippen LogP contribution is 2.29. The van der Waals surface area contributed by atoms with Crippen molar-refractivity contribution in [2.75, 3.05) is 11.4 Å². The van der Waals surface area contributed by atoms with E-state index in [-0.39, 0.29) is 11.7 Å². The van der Waals surface area contributed by atoms with Crippen LogP contribution < -0.4 is 4.90 Å². The molecule has 1 saturated heterocycles. The number of nitrogens with zero attached hydrogens (tertiary/aromatic N) is 5. The number of hydrogen-bond donors (Lipinski definition) is 0. The quantitative estimate of drug-likeness (QED) is 0.812. The molecule has 0 bridgehead atoms. The number of rotatable bonds is 1. The molecule has 0 N–H and O–H groups in total. The first-order chi connectivity index (χ1) is 9.86. The number of halogens is 3. The molecule has 1 fully saturated rings. The van der Waals surface area contributed by atoms with Crippen LogP contribution >= 0.6 is 0 Å². The minimum Gasteiger partial charge on any atom is -0.352 e. The first kappa shape index (κ1) is 14.1. The Labute approximate surface area is 119 Å². The maximum Gasteiger partial charge on any atom is 0.453 e. The van der Waals surface area contributed by atoms with E-state index in [9.17, 15) is 13.2 Å². The van der Waals surface area contributed by atoms with Crippen LogP contribution in [0.3, 0.4) is 0 Å². The fourth-order valence-corrected chi connectivity index (χ4v) is 2.72. The molecule has 1 aliphatic heterocycles. The fraction of sp³-hybridized carbons (Fsp3) is 0.615. The van der Waals surface area contributed by atoms with Crippen LogP contribution in [0, 0.1) is 5.92 Å². The molecule has 3 rings (SSSR count). The van der Waals surface area contributed by atoms with Crippen molar-refractivity contribution in [3.63, 3.8) is 0 Å². The number of aromatic nitrogens is 4. The molecule has 0 spiro atoms. The Morgan fingerprint density at radius 2 is 1.90 bits per heavy atom. The summed E-state index contributed by atoms with van der Waals surface area (Å²) >= 11 is 0. The molecule has 2 aromatic rings. The number of hydrogen-bond acceptors (Lipinski definition) is 4. The highest BCUT2D eigenvalue weighted by molar-refractivity contribution is 5.47. The third-order valence-electron chi connectivity index (χ3n) is 3.91. The van der Waals surface area contributed by atoms with E-state index in [2.05, 4.69) is 29.1 Å². The minimum absolute atomic E-state index is 0.101. The Morgan fingerprint density at radius 1 is 1.14 bits per heavy atom. The SMILES string of the molecule is CC1CCC(C)N(c2ccc3nnc(C(F)(F)F)n3n2)C1. The Balaban J connectivity index is 2.04. The van der Waals surface area contributed by atoms with Crippen LogP contribution in [0.25, 0.3) is 5.65 Å². The Morgan fingerprint density at radius 3 is 2.62 bits per heavy atom. The third-order valence-corrected chi connectivity index (χ3v) is 3.91. The van der Waals surface area contributed by atoms with E-state index in [4.69, 9.17) is 0 Å². The van der Waals surface area contributed by atoms with Gasteiger partial charge in [-0.25, -0.2) is 0 Å². The van der Waals surface area contributed by atoms with Gasteiger partial charge in [-0.1, -0.05) is 6.92 Å². The molecule has 0 aliphatic carbocycles. The topological polar surface area (TPSA) is 46.3 Å². The van der Waals surface area contributed by atoms with Gasteiger partial charge in [0.1, 0.15) is 5.82 Å². The maximum atomic E-state index is 12.9. The largest absolute Gasteiger partial charge is 0.453 e. The van der Waals surface area contributed by atoms with Gasteiger partial charge in [0.2, 0.25) is 0 Å². The smallest absolute Gasteiger partial charge is 0.352 e. The number of anilines is 1. The molecule has 21 heavy (non-hydrogen) atoms. The van der Waals surface area contributed by atoms with Crippen molar-refractivity contribution in [1.82, 2.24) is 19.8 Å². The second-order valence-electron chi connectivity index (χ2n) is 5.67. The summed E-state index contributed by atoms with van der Waals surface area (Å²) in [5.74, 6) is -0.0504. The summed E-state index contributed by atoms with van der Waals surface area (Å²) in [7, 11) is 0. The predicted octanol–water partition coefficient (Wildman–Crippen LogP) is 2.77. The number of alkyl halides is 3. The van der Waals surface area contributed by atoms with E-state index in [0.29, 0.717) is 11.7 Å². The van der Waals surface area contributed by atoms with Crippen LogP contribution in [-0.2, 0) is 6.18 Å². The van der Waals surface area contributed by atoms with E-state index in [1.165, 1.54) is 6.07 Å². The Hall–Kier alpha value is -1.86. The standard InChI is InChI=1S/C13H16F3N5/c1-8-3-4-9(2)20(7-8)11-6-5-10-17-18-12(13(14,15)16)21(10)19-11/h5-6,8-9H,3-4,7H2,1-2H3. The zero-order valence-electron chi connectivity index (χ0n) is 11.8. The molecular weight excluding hydrogens is 283 g/mol. The lowest BCUT2D eigenvalue weighted by molar-refractivity contribution is -0.146. The summed E-state index contributed by atoms with van der Waals surface area (Å²) in [6.07, 6.45) is -2.43. The molecule has 0 aromatic carbocycles. The Bertz CT molecular complexity index is 651. The molecule has 2 unspecified atom stereocenters. The van der Waals surface area contributed by atoms with Crippen molar-refractivity contribution in [1.29, 1.82) is 0 Å². The van der Waals surface area contributed by atoms with Gasteiger partial charge in [0, 0.05) is 12.6 Å². The molecule has 114 valence electrons. The van der Waals surface area contributed by atoms with Crippen molar-refractivity contribution in [3.8, 4) is 0 Å². The van der Waals surface area contributed by atoms with Crippen LogP contribution in [-0.4, -0.2) is 32.4 Å². The van der Waals surface area contributed by atoms with Crippen LogP contribution in [0.15, 0.2) is 12.1 Å². The van der Waals surface area contributed by atoms with Gasteiger partial charge in [-0.3, -0.25) is 0 Å². The summed E-state index contributed by atoms with van der Waals surface area (Å²) < 4.78 is 39.4. The summed E-state index contributed by atoms with van der Waals surface area (Å²) in [4.78, 5) is 2.05. The normalized spacial score (nSPS) is 23.8. The van der Waals surface area contributed by atoms with Crippen LogP contribution in [0.2, 0.25) is 0 Å². The minimum atomic E-state index is -4.56. The number of fused-ring (bicyclic) bond motifs is 1. The zero-order chi connectivity index (χ0) is 15.2. The van der Waals surface area contributed by atoms with Gasteiger partial charge in [0.05, 0.1) is 0 Å². The van der Waals surface area contributed by atoms with E-state index in [1.54, 1.807) is 6.07 Å². The summed E-state index contributed by atoms with van der Waals surface area (Å²) in [5.41, 5.74) is 0.101. The van der Waals surface area contributed by atoms with Gasteiger partial charge in [-0.15, -0.1) is 15.3 Å². The molecule has 3 heterocycles. The van der Waals surface area contributed by atoms with Crippen LogP contribution in [0.5, 0.6) is 0 Å². The monoisotopic (exact) mass is 299 g/mol. The predicted molar refractivity (Wildman–Crippen MR) is 71.0 cm³/mol. The lowest BCUT2D eigenvalue weighted by atomic mass is 9.95. The summed E-state index contributed by atoms with van der Waals surface area (Å²) in [6.45, 7) is 5.00. The molecule has 2 aromatic heterocycles. The van der Waals surface area contributed by atoms with E-state index in [0.717, 1.165) is 23.9 Å². The van der Waals surface area contributed by atoms with E-state index >= 15 is 0 Å². The van der Waals surface area contributed by atoms with Crippen LogP contribution in [0.4, 0.5) is 19.0 Å². The molecule has 0 amide bonds. The molecular formula is C13H16F3N5. The highest BCUT2D eigenvalue weighted by Gasteiger charge is 2.38. The summed E-state index contributed by atoms with van der Waals surface area (Å²) in [6, 6.07) is 3.49. The molecule has 1 aliphatic rings. The Kier molecular flexibility index (Phi) is 3.26. The fourth-order valence-electron chi connectivity index (χ4n) is 2.72. The molecule has 0 radical (unpaired) electrons. The molecule has 5 nitrogen and oxygen atoms in total. The zero-order valence-corrected chi connectivity index (χ0v) is 11.8. The van der Waals surface area contributed by atoms with Crippen molar-refractivity contribution < 1.29 is 13.2 Å². The molecule has 8 heteroatoms. The van der Waals surface area contributed by atoms with Gasteiger partial charge < -0.3 is 4.90 Å². The molecule has 2 atom stereocenters.